The number of nitrogens with zero attached hydrogens (tertiary/aromatic N) is 1. The van der Waals surface area contributed by atoms with Crippen molar-refractivity contribution in [1.82, 2.24) is 4.98 Å². The maximum Gasteiger partial charge on any atom is 0.249 e. The van der Waals surface area contributed by atoms with Crippen LogP contribution >= 0.6 is 0 Å². The number of hydrogen-bond acceptors (Lipinski definition) is 3. The summed E-state index contributed by atoms with van der Waals surface area (Å²) in [5.74, 6) is 0.936. The second kappa shape index (κ2) is 5.63. The maximum absolute atomic E-state index is 11.8. The average molecular weight is 278 g/mol. The number of fused-ring (bicyclic) bond motifs is 1. The van der Waals surface area contributed by atoms with Crippen LogP contribution in [0.15, 0.2) is 59.0 Å². The van der Waals surface area contributed by atoms with Crippen LogP contribution < -0.4 is 5.32 Å². The quantitative estimate of drug-likeness (QED) is 0.742. The third-order valence-corrected chi connectivity index (χ3v) is 2.98. The molecular weight excluding hydrogens is 264 g/mol. The molecule has 0 spiro atoms. The van der Waals surface area contributed by atoms with Gasteiger partial charge in [0.15, 0.2) is 0 Å². The van der Waals surface area contributed by atoms with E-state index in [0.717, 1.165) is 16.7 Å². The highest BCUT2D eigenvalue weighted by molar-refractivity contribution is 6.01. The van der Waals surface area contributed by atoms with Gasteiger partial charge in [0.25, 0.3) is 0 Å². The molecule has 3 aromatic rings. The second-order valence-corrected chi connectivity index (χ2v) is 4.67. The molecule has 0 fully saturated rings. The van der Waals surface area contributed by atoms with Gasteiger partial charge in [-0.2, -0.15) is 0 Å². The first-order chi connectivity index (χ1) is 10.2. The van der Waals surface area contributed by atoms with Crippen molar-refractivity contribution >= 4 is 28.8 Å². The molecular formula is C17H14N2O2. The van der Waals surface area contributed by atoms with Crippen LogP contribution in [0.2, 0.25) is 0 Å². The Morgan fingerprint density at radius 3 is 2.86 bits per heavy atom. The zero-order valence-corrected chi connectivity index (χ0v) is 11.5. The predicted octanol–water partition coefficient (Wildman–Crippen LogP) is 3.79. The Morgan fingerprint density at radius 2 is 2.05 bits per heavy atom. The number of carbonyl (C=O) groups is 1. The summed E-state index contributed by atoms with van der Waals surface area (Å²) in [7, 11) is 0. The van der Waals surface area contributed by atoms with Crippen LogP contribution in [0.1, 0.15) is 11.5 Å². The van der Waals surface area contributed by atoms with E-state index < -0.39 is 0 Å². The Labute approximate surface area is 122 Å². The van der Waals surface area contributed by atoms with Gasteiger partial charge in [-0.25, -0.2) is 4.98 Å². The second-order valence-electron chi connectivity index (χ2n) is 4.67. The molecule has 3 rings (SSSR count). The summed E-state index contributed by atoms with van der Waals surface area (Å²) >= 11 is 0. The molecule has 0 saturated carbocycles. The molecule has 0 bridgehead atoms. The van der Waals surface area contributed by atoms with E-state index in [0.29, 0.717) is 11.6 Å². The lowest BCUT2D eigenvalue weighted by atomic mass is 10.2. The van der Waals surface area contributed by atoms with Crippen molar-refractivity contribution in [1.29, 1.82) is 0 Å². The topological polar surface area (TPSA) is 55.1 Å². The molecule has 2 aromatic heterocycles. The van der Waals surface area contributed by atoms with Crippen molar-refractivity contribution in [2.45, 2.75) is 6.92 Å². The van der Waals surface area contributed by atoms with Gasteiger partial charge in [0.05, 0.1) is 0 Å². The molecule has 0 aliphatic rings. The van der Waals surface area contributed by atoms with E-state index in [1.807, 2.05) is 49.4 Å². The molecule has 0 aliphatic carbocycles. The number of pyridine rings is 1. The third kappa shape index (κ3) is 3.17. The first-order valence-corrected chi connectivity index (χ1v) is 6.62. The fourth-order valence-electron chi connectivity index (χ4n) is 2.02. The molecule has 4 nitrogen and oxygen atoms in total. The first kappa shape index (κ1) is 13.1. The number of nitrogens with one attached hydrogen (secondary N) is 1. The van der Waals surface area contributed by atoms with Gasteiger partial charge in [0.1, 0.15) is 17.2 Å². The number of para-hydroxylation sites is 1. The van der Waals surface area contributed by atoms with E-state index in [1.165, 1.54) is 6.08 Å². The van der Waals surface area contributed by atoms with Crippen molar-refractivity contribution in [3.63, 3.8) is 0 Å². The molecule has 1 amide bonds. The van der Waals surface area contributed by atoms with Crippen molar-refractivity contribution in [3.8, 4) is 0 Å². The Bertz CT molecular complexity index is 785. The number of aromatic nitrogens is 1. The standard InChI is InChI=1S/C17H14N2O2/c1-12-5-4-8-16(18-12)19-17(20)10-9-14-11-13-6-2-3-7-15(13)21-14/h2-11H,1H3,(H,18,19,20)/b10-9+. The maximum atomic E-state index is 11.8. The number of amides is 1. The Kier molecular flexibility index (Phi) is 3.51. The van der Waals surface area contributed by atoms with Gasteiger partial charge >= 0.3 is 0 Å². The van der Waals surface area contributed by atoms with E-state index in [2.05, 4.69) is 10.3 Å². The average Bonchev–Trinajstić information content (AvgIpc) is 2.88. The van der Waals surface area contributed by atoms with Crippen LogP contribution in [-0.2, 0) is 4.79 Å². The number of furan rings is 1. The summed E-state index contributed by atoms with van der Waals surface area (Å²) < 4.78 is 5.61. The molecule has 104 valence electrons. The summed E-state index contributed by atoms with van der Waals surface area (Å²) in [4.78, 5) is 16.0. The zero-order valence-electron chi connectivity index (χ0n) is 11.5. The van der Waals surface area contributed by atoms with Crippen LogP contribution in [0, 0.1) is 6.92 Å². The smallest absolute Gasteiger partial charge is 0.249 e. The molecule has 21 heavy (non-hydrogen) atoms. The Morgan fingerprint density at radius 1 is 1.19 bits per heavy atom. The summed E-state index contributed by atoms with van der Waals surface area (Å²) in [5, 5.41) is 3.72. The zero-order chi connectivity index (χ0) is 14.7. The SMILES string of the molecule is Cc1cccc(NC(=O)/C=C/c2cc3ccccc3o2)n1. The number of benzene rings is 1. The highest BCUT2D eigenvalue weighted by Crippen LogP contribution is 2.19. The normalized spacial score (nSPS) is 11.1. The van der Waals surface area contributed by atoms with Crippen molar-refractivity contribution in [3.05, 3.63) is 66.1 Å². The van der Waals surface area contributed by atoms with Gasteiger partial charge in [-0.1, -0.05) is 24.3 Å². The van der Waals surface area contributed by atoms with Gasteiger partial charge in [-0.3, -0.25) is 4.79 Å². The highest BCUT2D eigenvalue weighted by Gasteiger charge is 2.02. The van der Waals surface area contributed by atoms with Gasteiger partial charge in [-0.05, 0) is 37.3 Å². The molecule has 0 radical (unpaired) electrons. The minimum Gasteiger partial charge on any atom is -0.457 e. The summed E-state index contributed by atoms with van der Waals surface area (Å²) in [6.45, 7) is 1.87. The Hall–Kier alpha value is -2.88. The molecule has 1 N–H and O–H groups in total. The van der Waals surface area contributed by atoms with Gasteiger partial charge < -0.3 is 9.73 Å². The van der Waals surface area contributed by atoms with Crippen LogP contribution in [0.4, 0.5) is 5.82 Å². The predicted molar refractivity (Wildman–Crippen MR) is 82.9 cm³/mol. The Balaban J connectivity index is 1.71. The number of carbonyl (C=O) groups excluding carboxylic acids is 1. The fraction of sp³-hybridized carbons (Fsp3) is 0.0588. The van der Waals surface area contributed by atoms with Crippen LogP contribution in [0.3, 0.4) is 0 Å². The molecule has 0 aliphatic heterocycles. The van der Waals surface area contributed by atoms with E-state index in [1.54, 1.807) is 12.1 Å². The lowest BCUT2D eigenvalue weighted by molar-refractivity contribution is -0.111. The van der Waals surface area contributed by atoms with Gasteiger partial charge in [-0.15, -0.1) is 0 Å². The van der Waals surface area contributed by atoms with E-state index >= 15 is 0 Å². The van der Waals surface area contributed by atoms with Gasteiger partial charge in [0.2, 0.25) is 5.91 Å². The van der Waals surface area contributed by atoms with Crippen LogP contribution in [0.25, 0.3) is 17.0 Å². The molecule has 1 aromatic carbocycles. The molecule has 4 heteroatoms. The fourth-order valence-corrected chi connectivity index (χ4v) is 2.02. The lowest BCUT2D eigenvalue weighted by Crippen LogP contribution is -2.09. The number of aryl methyl sites for hydroxylation is 1. The lowest BCUT2D eigenvalue weighted by Gasteiger charge is -2.01. The molecule has 0 saturated heterocycles. The summed E-state index contributed by atoms with van der Waals surface area (Å²) in [6, 6.07) is 15.1. The molecule has 0 unspecified atom stereocenters. The highest BCUT2D eigenvalue weighted by atomic mass is 16.3. The third-order valence-electron chi connectivity index (χ3n) is 2.98. The first-order valence-electron chi connectivity index (χ1n) is 6.62. The van der Waals surface area contributed by atoms with Crippen molar-refractivity contribution < 1.29 is 9.21 Å². The van der Waals surface area contributed by atoms with Crippen molar-refractivity contribution in [2.24, 2.45) is 0 Å². The van der Waals surface area contributed by atoms with Crippen molar-refractivity contribution in [2.75, 3.05) is 5.32 Å². The van der Waals surface area contributed by atoms with Gasteiger partial charge in [0, 0.05) is 17.2 Å². The summed E-state index contributed by atoms with van der Waals surface area (Å²) in [5.41, 5.74) is 1.66. The number of rotatable bonds is 3. The number of anilines is 1. The van der Waals surface area contributed by atoms with E-state index in [9.17, 15) is 4.79 Å². The number of hydrogen-bond donors (Lipinski definition) is 1. The largest absolute Gasteiger partial charge is 0.457 e. The summed E-state index contributed by atoms with van der Waals surface area (Å²) in [6.07, 6.45) is 3.08. The van der Waals surface area contributed by atoms with E-state index in [-0.39, 0.29) is 5.91 Å². The minimum atomic E-state index is -0.242. The van der Waals surface area contributed by atoms with Crippen LogP contribution in [0.5, 0.6) is 0 Å². The monoisotopic (exact) mass is 278 g/mol. The molecule has 0 atom stereocenters. The minimum absolute atomic E-state index is 0.242. The van der Waals surface area contributed by atoms with Crippen LogP contribution in [-0.4, -0.2) is 10.9 Å². The molecule has 2 heterocycles. The van der Waals surface area contributed by atoms with E-state index in [4.69, 9.17) is 4.42 Å².